The average molecular weight is 316 g/mol. The molecule has 0 radical (unpaired) electrons. The number of ether oxygens (including phenoxy) is 1. The molecule has 1 aliphatic rings. The molecular weight excluding hydrogens is 297 g/mol. The number of rotatable bonds is 3. The zero-order chi connectivity index (χ0) is 16.2. The van der Waals surface area contributed by atoms with Crippen molar-refractivity contribution in [1.29, 1.82) is 0 Å². The van der Waals surface area contributed by atoms with Gasteiger partial charge in [-0.3, -0.25) is 4.79 Å². The van der Waals surface area contributed by atoms with E-state index in [9.17, 15) is 18.0 Å². The van der Waals surface area contributed by atoms with E-state index in [2.05, 4.69) is 10.1 Å². The number of alkyl halides is 3. The molecule has 1 fully saturated rings. The van der Waals surface area contributed by atoms with E-state index in [4.69, 9.17) is 5.73 Å². The maximum absolute atomic E-state index is 12.2. The smallest absolute Gasteiger partial charge is 0.406 e. The Balaban J connectivity index is 1.98. The van der Waals surface area contributed by atoms with Gasteiger partial charge in [-0.25, -0.2) is 0 Å². The summed E-state index contributed by atoms with van der Waals surface area (Å²) >= 11 is 0. The van der Waals surface area contributed by atoms with Crippen molar-refractivity contribution in [3.8, 4) is 5.75 Å². The fourth-order valence-electron chi connectivity index (χ4n) is 2.58. The lowest BCUT2D eigenvalue weighted by atomic mass is 10.1. The van der Waals surface area contributed by atoms with Crippen LogP contribution in [0.5, 0.6) is 5.75 Å². The minimum absolute atomic E-state index is 0.00763. The van der Waals surface area contributed by atoms with Crippen LogP contribution >= 0.6 is 0 Å². The van der Waals surface area contributed by atoms with Gasteiger partial charge in [-0.15, -0.1) is 13.2 Å². The second-order valence-corrected chi connectivity index (χ2v) is 5.51. The van der Waals surface area contributed by atoms with Crippen molar-refractivity contribution in [3.05, 3.63) is 29.8 Å². The van der Waals surface area contributed by atoms with Gasteiger partial charge >= 0.3 is 6.36 Å². The maximum Gasteiger partial charge on any atom is 0.573 e. The third-order valence-electron chi connectivity index (χ3n) is 3.68. The molecule has 1 amide bonds. The van der Waals surface area contributed by atoms with Crippen molar-refractivity contribution >= 4 is 5.91 Å². The zero-order valence-electron chi connectivity index (χ0n) is 12.0. The molecule has 0 heterocycles. The van der Waals surface area contributed by atoms with Crippen molar-refractivity contribution in [2.24, 2.45) is 5.73 Å². The Labute approximate surface area is 126 Å². The first-order valence-electron chi connectivity index (χ1n) is 7.26. The summed E-state index contributed by atoms with van der Waals surface area (Å²) in [5, 5.41) is 2.85. The highest BCUT2D eigenvalue weighted by molar-refractivity contribution is 5.94. The lowest BCUT2D eigenvalue weighted by Gasteiger charge is -2.17. The fourth-order valence-corrected chi connectivity index (χ4v) is 2.58. The summed E-state index contributed by atoms with van der Waals surface area (Å²) in [5.41, 5.74) is 6.03. The first kappa shape index (κ1) is 16.6. The Morgan fingerprint density at radius 1 is 1.23 bits per heavy atom. The number of hydrogen-bond acceptors (Lipinski definition) is 3. The number of hydrogen-bond donors (Lipinski definition) is 2. The Hall–Kier alpha value is -1.76. The highest BCUT2D eigenvalue weighted by atomic mass is 19.4. The second-order valence-electron chi connectivity index (χ2n) is 5.51. The van der Waals surface area contributed by atoms with E-state index in [1.165, 1.54) is 12.1 Å². The van der Waals surface area contributed by atoms with Gasteiger partial charge in [-0.1, -0.05) is 6.07 Å². The molecule has 0 aromatic heterocycles. The first-order chi connectivity index (χ1) is 10.3. The summed E-state index contributed by atoms with van der Waals surface area (Å²) in [6.07, 6.45) is -0.455. The van der Waals surface area contributed by atoms with E-state index >= 15 is 0 Å². The molecule has 22 heavy (non-hydrogen) atoms. The fraction of sp³-hybridized carbons (Fsp3) is 0.533. The summed E-state index contributed by atoms with van der Waals surface area (Å²) in [7, 11) is 0. The largest absolute Gasteiger partial charge is 0.573 e. The molecule has 1 aromatic carbocycles. The zero-order valence-corrected chi connectivity index (χ0v) is 12.0. The van der Waals surface area contributed by atoms with Gasteiger partial charge in [0.05, 0.1) is 0 Å². The lowest BCUT2D eigenvalue weighted by Crippen LogP contribution is -2.34. The summed E-state index contributed by atoms with van der Waals surface area (Å²) in [6, 6.07) is 5.24. The normalized spacial score (nSPS) is 22.7. The van der Waals surface area contributed by atoms with E-state index in [0.29, 0.717) is 0 Å². The Bertz CT molecular complexity index is 520. The van der Waals surface area contributed by atoms with Gasteiger partial charge < -0.3 is 15.8 Å². The highest BCUT2D eigenvalue weighted by Gasteiger charge is 2.31. The number of nitrogens with two attached hydrogens (primary N) is 1. The van der Waals surface area contributed by atoms with Crippen LogP contribution < -0.4 is 15.8 Å². The van der Waals surface area contributed by atoms with Crippen LogP contribution in [0.15, 0.2) is 24.3 Å². The first-order valence-corrected chi connectivity index (χ1v) is 7.26. The number of halogens is 3. The van der Waals surface area contributed by atoms with Crippen LogP contribution in [0.4, 0.5) is 13.2 Å². The van der Waals surface area contributed by atoms with Gasteiger partial charge in [0.2, 0.25) is 0 Å². The van der Waals surface area contributed by atoms with Gasteiger partial charge in [0, 0.05) is 17.6 Å². The molecule has 0 bridgehead atoms. The molecule has 2 unspecified atom stereocenters. The molecule has 1 saturated carbocycles. The van der Waals surface area contributed by atoms with E-state index in [0.717, 1.165) is 44.2 Å². The number of carbonyl (C=O) groups excluding carboxylic acids is 1. The Morgan fingerprint density at radius 2 is 2.00 bits per heavy atom. The molecule has 7 heteroatoms. The molecule has 0 spiro atoms. The third kappa shape index (κ3) is 5.22. The van der Waals surface area contributed by atoms with Crippen LogP contribution in [0.2, 0.25) is 0 Å². The topological polar surface area (TPSA) is 64.3 Å². The minimum Gasteiger partial charge on any atom is -0.406 e. The van der Waals surface area contributed by atoms with Gasteiger partial charge in [0.25, 0.3) is 5.91 Å². The van der Waals surface area contributed by atoms with E-state index in [-0.39, 0.29) is 17.6 Å². The summed E-state index contributed by atoms with van der Waals surface area (Å²) in [6.45, 7) is 0. The Morgan fingerprint density at radius 3 is 2.73 bits per heavy atom. The van der Waals surface area contributed by atoms with Gasteiger partial charge in [-0.2, -0.15) is 0 Å². The quantitative estimate of drug-likeness (QED) is 0.843. The summed E-state index contributed by atoms with van der Waals surface area (Å²) in [4.78, 5) is 12.1. The van der Waals surface area contributed by atoms with Crippen molar-refractivity contribution in [2.45, 2.75) is 50.6 Å². The monoisotopic (exact) mass is 316 g/mol. The Kier molecular flexibility index (Phi) is 5.28. The molecule has 1 aromatic rings. The molecule has 2 rings (SSSR count). The molecule has 2 atom stereocenters. The minimum atomic E-state index is -4.77. The second kappa shape index (κ2) is 7.00. The lowest BCUT2D eigenvalue weighted by molar-refractivity contribution is -0.274. The summed E-state index contributed by atoms with van der Waals surface area (Å²) < 4.78 is 40.4. The summed E-state index contributed by atoms with van der Waals surface area (Å²) in [5.74, 6) is -0.795. The number of benzene rings is 1. The number of carbonyl (C=O) groups is 1. The van der Waals surface area contributed by atoms with Crippen molar-refractivity contribution in [3.63, 3.8) is 0 Å². The van der Waals surface area contributed by atoms with Gasteiger partial charge in [0.1, 0.15) is 5.75 Å². The van der Waals surface area contributed by atoms with Gasteiger partial charge in [-0.05, 0) is 50.3 Å². The number of amides is 1. The predicted octanol–water partition coefficient (Wildman–Crippen LogP) is 2.98. The van der Waals surface area contributed by atoms with Crippen molar-refractivity contribution in [1.82, 2.24) is 5.32 Å². The highest BCUT2D eigenvalue weighted by Crippen LogP contribution is 2.23. The molecule has 4 nitrogen and oxygen atoms in total. The van der Waals surface area contributed by atoms with Crippen molar-refractivity contribution in [2.75, 3.05) is 0 Å². The third-order valence-corrected chi connectivity index (χ3v) is 3.68. The number of nitrogens with one attached hydrogen (secondary N) is 1. The molecule has 0 saturated heterocycles. The van der Waals surface area contributed by atoms with Crippen LogP contribution in [-0.2, 0) is 0 Å². The predicted molar refractivity (Wildman–Crippen MR) is 75.4 cm³/mol. The van der Waals surface area contributed by atoms with E-state index in [1.54, 1.807) is 0 Å². The molecule has 3 N–H and O–H groups in total. The van der Waals surface area contributed by atoms with Crippen molar-refractivity contribution < 1.29 is 22.7 Å². The molecular formula is C15H19F3N2O2. The van der Waals surface area contributed by atoms with E-state index in [1.807, 2.05) is 0 Å². The molecule has 122 valence electrons. The van der Waals surface area contributed by atoms with Crippen LogP contribution in [0, 0.1) is 0 Å². The SMILES string of the molecule is NC1CCCC(NC(=O)c2cccc(OC(F)(F)F)c2)CC1. The molecule has 0 aliphatic heterocycles. The maximum atomic E-state index is 12.2. The van der Waals surface area contributed by atoms with Crippen LogP contribution in [0.25, 0.3) is 0 Å². The average Bonchev–Trinajstić information content (AvgIpc) is 2.62. The van der Waals surface area contributed by atoms with Crippen LogP contribution in [-0.4, -0.2) is 24.4 Å². The van der Waals surface area contributed by atoms with Crippen LogP contribution in [0.3, 0.4) is 0 Å². The van der Waals surface area contributed by atoms with E-state index < -0.39 is 18.0 Å². The molecule has 1 aliphatic carbocycles. The van der Waals surface area contributed by atoms with Crippen LogP contribution in [0.1, 0.15) is 42.5 Å². The standard InChI is InChI=1S/C15H19F3N2O2/c16-15(17,18)22-13-6-1-3-10(9-13)14(21)20-12-5-2-4-11(19)7-8-12/h1,3,6,9,11-12H,2,4-5,7-8,19H2,(H,20,21). The van der Waals surface area contributed by atoms with Gasteiger partial charge in [0.15, 0.2) is 0 Å².